The summed E-state index contributed by atoms with van der Waals surface area (Å²) < 4.78 is 4.64. The molecule has 2 N–H and O–H groups in total. The number of nitrogens with zero attached hydrogens (tertiary/aromatic N) is 1. The van der Waals surface area contributed by atoms with Crippen LogP contribution in [0.3, 0.4) is 0 Å². The largest absolute Gasteiger partial charge is 0.465 e. The highest BCUT2D eigenvalue weighted by Gasteiger charge is 2.10. The molecule has 1 aromatic rings. The van der Waals surface area contributed by atoms with Gasteiger partial charge in [-0.3, -0.25) is 4.79 Å². The number of rotatable bonds is 6. The number of aromatic nitrogens is 1. The van der Waals surface area contributed by atoms with Crippen molar-refractivity contribution in [2.24, 2.45) is 0 Å². The van der Waals surface area contributed by atoms with Gasteiger partial charge in [0, 0.05) is 6.54 Å². The zero-order valence-electron chi connectivity index (χ0n) is 11.4. The van der Waals surface area contributed by atoms with Gasteiger partial charge in [0.05, 0.1) is 24.9 Å². The molecule has 0 fully saturated rings. The second kappa shape index (κ2) is 7.35. The van der Waals surface area contributed by atoms with Crippen LogP contribution < -0.4 is 10.6 Å². The molecule has 1 heterocycles. The molecule has 0 saturated carbocycles. The van der Waals surface area contributed by atoms with Gasteiger partial charge in [0.15, 0.2) is 0 Å². The Balaban J connectivity index is 2.59. The number of amides is 1. The smallest absolute Gasteiger partial charge is 0.339 e. The average molecular weight is 265 g/mol. The molecule has 6 nitrogen and oxygen atoms in total. The van der Waals surface area contributed by atoms with Crippen molar-refractivity contribution in [1.29, 1.82) is 0 Å². The van der Waals surface area contributed by atoms with Gasteiger partial charge in [-0.2, -0.15) is 0 Å². The third kappa shape index (κ3) is 4.57. The molecule has 0 aromatic carbocycles. The Kier molecular flexibility index (Phi) is 5.78. The molecule has 19 heavy (non-hydrogen) atoms. The fourth-order valence-corrected chi connectivity index (χ4v) is 1.48. The van der Waals surface area contributed by atoms with E-state index < -0.39 is 5.97 Å². The van der Waals surface area contributed by atoms with Crippen molar-refractivity contribution >= 4 is 17.7 Å². The Morgan fingerprint density at radius 2 is 2.11 bits per heavy atom. The van der Waals surface area contributed by atoms with Crippen molar-refractivity contribution in [3.05, 3.63) is 23.4 Å². The standard InChI is InChI=1S/C13H19N3O3/c1-4-7-14-12(17)8-15-11-6-5-10(9(2)16-11)13(18)19-3/h5-6H,4,7-8H2,1-3H3,(H,14,17)(H,15,16). The summed E-state index contributed by atoms with van der Waals surface area (Å²) in [7, 11) is 1.33. The Hall–Kier alpha value is -2.11. The van der Waals surface area contributed by atoms with Gasteiger partial charge in [-0.1, -0.05) is 6.92 Å². The van der Waals surface area contributed by atoms with Crippen LogP contribution in [0.1, 0.15) is 29.4 Å². The number of carbonyl (C=O) groups is 2. The summed E-state index contributed by atoms with van der Waals surface area (Å²) in [4.78, 5) is 27.0. The summed E-state index contributed by atoms with van der Waals surface area (Å²) in [6.45, 7) is 4.52. The van der Waals surface area contributed by atoms with E-state index in [-0.39, 0.29) is 12.5 Å². The second-order valence-electron chi connectivity index (χ2n) is 4.02. The fourth-order valence-electron chi connectivity index (χ4n) is 1.48. The van der Waals surface area contributed by atoms with Gasteiger partial charge in [0.25, 0.3) is 0 Å². The van der Waals surface area contributed by atoms with Gasteiger partial charge in [0.1, 0.15) is 5.82 Å². The maximum Gasteiger partial charge on any atom is 0.339 e. The molecule has 0 saturated heterocycles. The van der Waals surface area contributed by atoms with Crippen molar-refractivity contribution in [3.8, 4) is 0 Å². The first kappa shape index (κ1) is 14.9. The Bertz CT molecular complexity index is 460. The predicted molar refractivity (Wildman–Crippen MR) is 72.1 cm³/mol. The monoisotopic (exact) mass is 265 g/mol. The van der Waals surface area contributed by atoms with Crippen molar-refractivity contribution in [1.82, 2.24) is 10.3 Å². The predicted octanol–water partition coefficient (Wildman–Crippen LogP) is 1.11. The summed E-state index contributed by atoms with van der Waals surface area (Å²) in [6, 6.07) is 3.27. The maximum atomic E-state index is 11.4. The summed E-state index contributed by atoms with van der Waals surface area (Å²) in [6.07, 6.45) is 0.900. The van der Waals surface area contributed by atoms with Gasteiger partial charge in [-0.25, -0.2) is 9.78 Å². The van der Waals surface area contributed by atoms with Gasteiger partial charge in [-0.05, 0) is 25.5 Å². The first-order chi connectivity index (χ1) is 9.08. The number of carbonyl (C=O) groups excluding carboxylic acids is 2. The van der Waals surface area contributed by atoms with Crippen LogP contribution in [0.25, 0.3) is 0 Å². The van der Waals surface area contributed by atoms with E-state index >= 15 is 0 Å². The number of methoxy groups -OCH3 is 1. The summed E-state index contributed by atoms with van der Waals surface area (Å²) in [5, 5.41) is 5.66. The molecule has 6 heteroatoms. The van der Waals surface area contributed by atoms with E-state index in [9.17, 15) is 9.59 Å². The number of hydrogen-bond donors (Lipinski definition) is 2. The zero-order valence-corrected chi connectivity index (χ0v) is 11.4. The SMILES string of the molecule is CCCNC(=O)CNc1ccc(C(=O)OC)c(C)n1. The summed E-state index contributed by atoms with van der Waals surface area (Å²) in [5.41, 5.74) is 0.981. The van der Waals surface area contributed by atoms with E-state index in [4.69, 9.17) is 0 Å². The van der Waals surface area contributed by atoms with Gasteiger partial charge in [0.2, 0.25) is 5.91 Å². The molecular formula is C13H19N3O3. The van der Waals surface area contributed by atoms with E-state index in [0.29, 0.717) is 23.6 Å². The van der Waals surface area contributed by atoms with Crippen LogP contribution in [-0.2, 0) is 9.53 Å². The average Bonchev–Trinajstić information content (AvgIpc) is 2.42. The van der Waals surface area contributed by atoms with Crippen LogP contribution >= 0.6 is 0 Å². The van der Waals surface area contributed by atoms with E-state index in [2.05, 4.69) is 20.4 Å². The molecule has 0 aliphatic rings. The second-order valence-corrected chi connectivity index (χ2v) is 4.02. The number of pyridine rings is 1. The van der Waals surface area contributed by atoms with Crippen molar-refractivity contribution < 1.29 is 14.3 Å². The van der Waals surface area contributed by atoms with Crippen molar-refractivity contribution in [2.75, 3.05) is 25.5 Å². The minimum atomic E-state index is -0.419. The van der Waals surface area contributed by atoms with Crippen LogP contribution in [-0.4, -0.2) is 37.1 Å². The molecule has 0 unspecified atom stereocenters. The number of hydrogen-bond acceptors (Lipinski definition) is 5. The first-order valence-corrected chi connectivity index (χ1v) is 6.15. The summed E-state index contributed by atoms with van der Waals surface area (Å²) in [5.74, 6) is 0.0485. The van der Waals surface area contributed by atoms with Crippen molar-refractivity contribution in [2.45, 2.75) is 20.3 Å². The third-order valence-corrected chi connectivity index (χ3v) is 2.49. The maximum absolute atomic E-state index is 11.4. The quantitative estimate of drug-likeness (QED) is 0.753. The fraction of sp³-hybridized carbons (Fsp3) is 0.462. The normalized spacial score (nSPS) is 9.84. The highest BCUT2D eigenvalue weighted by molar-refractivity contribution is 5.90. The molecule has 0 aliphatic carbocycles. The van der Waals surface area contributed by atoms with Gasteiger partial charge < -0.3 is 15.4 Å². The molecule has 104 valence electrons. The molecular weight excluding hydrogens is 246 g/mol. The lowest BCUT2D eigenvalue weighted by Crippen LogP contribution is -2.30. The Morgan fingerprint density at radius 3 is 2.68 bits per heavy atom. The first-order valence-electron chi connectivity index (χ1n) is 6.15. The number of aryl methyl sites for hydroxylation is 1. The Labute approximate surface area is 112 Å². The summed E-state index contributed by atoms with van der Waals surface area (Å²) >= 11 is 0. The number of esters is 1. The lowest BCUT2D eigenvalue weighted by atomic mass is 10.2. The highest BCUT2D eigenvalue weighted by atomic mass is 16.5. The van der Waals surface area contributed by atoms with Crippen LogP contribution in [0.5, 0.6) is 0 Å². The van der Waals surface area contributed by atoms with Crippen LogP contribution in [0.4, 0.5) is 5.82 Å². The third-order valence-electron chi connectivity index (χ3n) is 2.49. The number of ether oxygens (including phenoxy) is 1. The molecule has 0 aliphatic heterocycles. The topological polar surface area (TPSA) is 80.3 Å². The van der Waals surface area contributed by atoms with E-state index in [1.807, 2.05) is 6.92 Å². The minimum absolute atomic E-state index is 0.0849. The van der Waals surface area contributed by atoms with E-state index in [1.165, 1.54) is 7.11 Å². The molecule has 1 amide bonds. The van der Waals surface area contributed by atoms with E-state index in [0.717, 1.165) is 6.42 Å². The van der Waals surface area contributed by atoms with Crippen LogP contribution in [0.15, 0.2) is 12.1 Å². The lowest BCUT2D eigenvalue weighted by Gasteiger charge is -2.08. The van der Waals surface area contributed by atoms with E-state index in [1.54, 1.807) is 19.1 Å². The van der Waals surface area contributed by atoms with Gasteiger partial charge in [-0.15, -0.1) is 0 Å². The van der Waals surface area contributed by atoms with Crippen LogP contribution in [0.2, 0.25) is 0 Å². The number of anilines is 1. The molecule has 0 bridgehead atoms. The van der Waals surface area contributed by atoms with Crippen LogP contribution in [0, 0.1) is 6.92 Å². The lowest BCUT2D eigenvalue weighted by molar-refractivity contribution is -0.119. The molecule has 1 rings (SSSR count). The number of nitrogens with one attached hydrogen (secondary N) is 2. The van der Waals surface area contributed by atoms with Crippen molar-refractivity contribution in [3.63, 3.8) is 0 Å². The molecule has 0 radical (unpaired) electrons. The molecule has 1 aromatic heterocycles. The highest BCUT2D eigenvalue weighted by Crippen LogP contribution is 2.11. The van der Waals surface area contributed by atoms with Gasteiger partial charge >= 0.3 is 5.97 Å². The zero-order chi connectivity index (χ0) is 14.3. The molecule has 0 spiro atoms. The minimum Gasteiger partial charge on any atom is -0.465 e. The Morgan fingerprint density at radius 1 is 1.37 bits per heavy atom. The molecule has 0 atom stereocenters.